The number of carbonyl (C=O) groups is 1. The highest BCUT2D eigenvalue weighted by molar-refractivity contribution is 6.06. The van der Waals surface area contributed by atoms with Crippen LogP contribution in [0.25, 0.3) is 5.65 Å². The van der Waals surface area contributed by atoms with E-state index in [1.54, 1.807) is 0 Å². The fraction of sp³-hybridized carbons (Fsp3) is 0.458. The Labute approximate surface area is 181 Å². The van der Waals surface area contributed by atoms with Gasteiger partial charge < -0.3 is 15.7 Å². The van der Waals surface area contributed by atoms with Crippen LogP contribution in [0, 0.1) is 5.92 Å². The molecule has 31 heavy (non-hydrogen) atoms. The van der Waals surface area contributed by atoms with Crippen LogP contribution in [-0.4, -0.2) is 31.2 Å². The van der Waals surface area contributed by atoms with E-state index in [9.17, 15) is 9.90 Å². The smallest absolute Gasteiger partial charge is 0.247 e. The van der Waals surface area contributed by atoms with Crippen LogP contribution in [0.4, 0.5) is 17.3 Å². The molecule has 5 rings (SSSR count). The number of benzene rings is 1. The number of hydrogen-bond donors (Lipinski definition) is 3. The van der Waals surface area contributed by atoms with Gasteiger partial charge in [-0.15, -0.1) is 5.10 Å². The summed E-state index contributed by atoms with van der Waals surface area (Å²) in [5, 5.41) is 21.2. The Morgan fingerprint density at radius 1 is 1.19 bits per heavy atom. The zero-order chi connectivity index (χ0) is 21.8. The van der Waals surface area contributed by atoms with Crippen LogP contribution in [0.2, 0.25) is 0 Å². The van der Waals surface area contributed by atoms with Gasteiger partial charge in [0.2, 0.25) is 11.9 Å². The molecule has 3 aromatic rings. The van der Waals surface area contributed by atoms with Gasteiger partial charge in [0.05, 0.1) is 11.0 Å². The van der Waals surface area contributed by atoms with Crippen LogP contribution in [0.5, 0.6) is 0 Å². The molecule has 1 aliphatic carbocycles. The molecular formula is C24H29N5O2. The van der Waals surface area contributed by atoms with Crippen LogP contribution in [-0.2, 0) is 16.6 Å². The van der Waals surface area contributed by atoms with Gasteiger partial charge in [-0.1, -0.05) is 12.1 Å². The molecule has 3 N–H and O–H groups in total. The SMILES string of the molecule is CC1(C)C(=O)Nc2cc(Nc3nc4cccc(C[C@H]5CC[C@@](C)(O)CC5)n4n3)ccc21. The van der Waals surface area contributed by atoms with E-state index in [0.717, 1.165) is 60.4 Å². The topological polar surface area (TPSA) is 91.5 Å². The summed E-state index contributed by atoms with van der Waals surface area (Å²) in [7, 11) is 0. The Morgan fingerprint density at radius 2 is 1.97 bits per heavy atom. The van der Waals surface area contributed by atoms with Crippen molar-refractivity contribution in [2.45, 2.75) is 63.9 Å². The van der Waals surface area contributed by atoms with E-state index >= 15 is 0 Å². The predicted octanol–water partition coefficient (Wildman–Crippen LogP) is 4.19. The van der Waals surface area contributed by atoms with Crippen LogP contribution in [0.15, 0.2) is 36.4 Å². The number of aromatic nitrogens is 3. The number of rotatable bonds is 4. The first-order chi connectivity index (χ1) is 14.7. The summed E-state index contributed by atoms with van der Waals surface area (Å²) >= 11 is 0. The highest BCUT2D eigenvalue weighted by Crippen LogP contribution is 2.39. The number of hydrogen-bond acceptors (Lipinski definition) is 5. The van der Waals surface area contributed by atoms with E-state index in [1.165, 1.54) is 0 Å². The zero-order valence-electron chi connectivity index (χ0n) is 18.3. The van der Waals surface area contributed by atoms with E-state index in [4.69, 9.17) is 5.10 Å². The van der Waals surface area contributed by atoms with E-state index < -0.39 is 11.0 Å². The van der Waals surface area contributed by atoms with Crippen molar-refractivity contribution in [1.29, 1.82) is 0 Å². The van der Waals surface area contributed by atoms with Crippen molar-refractivity contribution in [3.05, 3.63) is 47.7 Å². The van der Waals surface area contributed by atoms with Crippen molar-refractivity contribution in [2.24, 2.45) is 5.92 Å². The molecule has 0 radical (unpaired) electrons. The number of anilines is 3. The Kier molecular flexibility index (Phi) is 4.55. The van der Waals surface area contributed by atoms with Gasteiger partial charge in [-0.2, -0.15) is 4.98 Å². The third kappa shape index (κ3) is 3.67. The molecule has 3 heterocycles. The van der Waals surface area contributed by atoms with Crippen molar-refractivity contribution in [3.8, 4) is 0 Å². The number of fused-ring (bicyclic) bond motifs is 2. The van der Waals surface area contributed by atoms with Gasteiger partial charge in [-0.05, 0) is 88.6 Å². The lowest BCUT2D eigenvalue weighted by Gasteiger charge is -2.33. The molecule has 1 fully saturated rings. The van der Waals surface area contributed by atoms with Gasteiger partial charge in [0.1, 0.15) is 0 Å². The summed E-state index contributed by atoms with van der Waals surface area (Å²) in [5.74, 6) is 1.09. The number of pyridine rings is 1. The Bertz CT molecular complexity index is 1150. The molecule has 0 bridgehead atoms. The molecule has 2 aromatic heterocycles. The highest BCUT2D eigenvalue weighted by Gasteiger charge is 2.38. The minimum atomic E-state index is -0.517. The fourth-order valence-corrected chi connectivity index (χ4v) is 4.77. The van der Waals surface area contributed by atoms with Gasteiger partial charge in [0.25, 0.3) is 0 Å². The summed E-state index contributed by atoms with van der Waals surface area (Å²) in [6, 6.07) is 12.0. The monoisotopic (exact) mass is 419 g/mol. The molecule has 0 atom stereocenters. The van der Waals surface area contributed by atoms with Crippen LogP contribution in [0.3, 0.4) is 0 Å². The maximum Gasteiger partial charge on any atom is 0.247 e. The number of aliphatic hydroxyl groups is 1. The highest BCUT2D eigenvalue weighted by atomic mass is 16.3. The van der Waals surface area contributed by atoms with E-state index in [0.29, 0.717) is 11.9 Å². The number of carbonyl (C=O) groups excluding carboxylic acids is 1. The molecule has 162 valence electrons. The lowest BCUT2D eigenvalue weighted by molar-refractivity contribution is -0.119. The summed E-state index contributed by atoms with van der Waals surface area (Å²) in [5.41, 5.74) is 3.57. The second-order valence-corrected chi connectivity index (χ2v) is 9.83. The third-order valence-electron chi connectivity index (χ3n) is 6.88. The number of nitrogens with one attached hydrogen (secondary N) is 2. The lowest BCUT2D eigenvalue weighted by Crippen LogP contribution is -2.31. The summed E-state index contributed by atoms with van der Waals surface area (Å²) in [4.78, 5) is 16.8. The number of nitrogens with zero attached hydrogens (tertiary/aromatic N) is 3. The normalized spacial score (nSPS) is 24.8. The quantitative estimate of drug-likeness (QED) is 0.590. The average molecular weight is 420 g/mol. The van der Waals surface area contributed by atoms with Crippen LogP contribution in [0.1, 0.15) is 57.7 Å². The lowest BCUT2D eigenvalue weighted by atomic mass is 9.78. The first-order valence-electron chi connectivity index (χ1n) is 11.0. The molecule has 1 saturated carbocycles. The zero-order valence-corrected chi connectivity index (χ0v) is 18.3. The molecule has 1 aromatic carbocycles. The molecule has 7 nitrogen and oxygen atoms in total. The van der Waals surface area contributed by atoms with Crippen LogP contribution < -0.4 is 10.6 Å². The van der Waals surface area contributed by atoms with E-state index in [1.807, 2.05) is 55.6 Å². The Morgan fingerprint density at radius 3 is 2.74 bits per heavy atom. The summed E-state index contributed by atoms with van der Waals surface area (Å²) in [6.07, 6.45) is 4.68. The molecule has 0 spiro atoms. The third-order valence-corrected chi connectivity index (χ3v) is 6.88. The van der Waals surface area contributed by atoms with Crippen molar-refractivity contribution in [1.82, 2.24) is 14.6 Å². The molecule has 0 saturated heterocycles. The summed E-state index contributed by atoms with van der Waals surface area (Å²) < 4.78 is 1.91. The molecule has 7 heteroatoms. The average Bonchev–Trinajstić information content (AvgIpc) is 3.22. The van der Waals surface area contributed by atoms with Crippen LogP contribution >= 0.6 is 0 Å². The largest absolute Gasteiger partial charge is 0.390 e. The van der Waals surface area contributed by atoms with Gasteiger partial charge in [0, 0.05) is 17.1 Å². The maximum atomic E-state index is 12.2. The second-order valence-electron chi connectivity index (χ2n) is 9.83. The molecule has 0 unspecified atom stereocenters. The summed E-state index contributed by atoms with van der Waals surface area (Å²) in [6.45, 7) is 5.80. The molecule has 2 aliphatic rings. The maximum absolute atomic E-state index is 12.2. The number of amides is 1. The fourth-order valence-electron chi connectivity index (χ4n) is 4.77. The van der Waals surface area contributed by atoms with E-state index in [-0.39, 0.29) is 5.91 Å². The Hall–Kier alpha value is -2.93. The van der Waals surface area contributed by atoms with Gasteiger partial charge in [-0.25, -0.2) is 4.52 Å². The van der Waals surface area contributed by atoms with Crippen molar-refractivity contribution < 1.29 is 9.90 Å². The molecule has 1 amide bonds. The molecular weight excluding hydrogens is 390 g/mol. The molecule has 1 aliphatic heterocycles. The first-order valence-corrected chi connectivity index (χ1v) is 11.0. The predicted molar refractivity (Wildman–Crippen MR) is 121 cm³/mol. The van der Waals surface area contributed by atoms with Crippen molar-refractivity contribution in [3.63, 3.8) is 0 Å². The van der Waals surface area contributed by atoms with Gasteiger partial charge >= 0.3 is 0 Å². The standard InChI is InChI=1S/C24H29N5O2/c1-23(2)18-8-7-16(14-19(18)26-21(23)30)25-22-27-20-6-4-5-17(29(20)28-22)13-15-9-11-24(3,31)12-10-15/h4-8,14-15,31H,9-13H2,1-3H3,(H,25,28)(H,26,30)/t15-,24+. The minimum Gasteiger partial charge on any atom is -0.390 e. The first kappa shape index (κ1) is 20.0. The van der Waals surface area contributed by atoms with Crippen molar-refractivity contribution >= 4 is 28.9 Å². The minimum absolute atomic E-state index is 0.0133. The van der Waals surface area contributed by atoms with E-state index in [2.05, 4.69) is 21.7 Å². The van der Waals surface area contributed by atoms with Crippen molar-refractivity contribution in [2.75, 3.05) is 10.6 Å². The Balaban J connectivity index is 1.36. The second kappa shape index (κ2) is 7.05. The van der Waals surface area contributed by atoms with Gasteiger partial charge in [0.15, 0.2) is 5.65 Å². The van der Waals surface area contributed by atoms with Gasteiger partial charge in [-0.3, -0.25) is 4.79 Å².